The first-order valence-electron chi connectivity index (χ1n) is 4.40. The van der Waals surface area contributed by atoms with Gasteiger partial charge in [0.25, 0.3) is 0 Å². The molecule has 5 heteroatoms. The Hall–Kier alpha value is -1.37. The molecule has 0 aliphatic rings. The third-order valence-electron chi connectivity index (χ3n) is 1.80. The number of anilines is 1. The zero-order valence-corrected chi connectivity index (χ0v) is 9.93. The molecule has 1 amide bonds. The van der Waals surface area contributed by atoms with Gasteiger partial charge in [-0.3, -0.25) is 5.32 Å². The molecule has 1 rings (SSSR count). The first kappa shape index (κ1) is 12.7. The van der Waals surface area contributed by atoms with E-state index in [1.807, 2.05) is 0 Å². The molecule has 84 valence electrons. The number of nitrogens with one attached hydrogen (secondary N) is 1. The fraction of sp³-hybridized carbons (Fsp3) is 0.182. The van der Waals surface area contributed by atoms with Crippen LogP contribution in [0.15, 0.2) is 18.2 Å². The summed E-state index contributed by atoms with van der Waals surface area (Å²) in [4.78, 5) is 10.4. The number of benzene rings is 1. The van der Waals surface area contributed by atoms with Crippen molar-refractivity contribution in [3.63, 3.8) is 0 Å². The monoisotopic (exact) mass is 257 g/mol. The molecule has 1 unspecified atom stereocenters. The van der Waals surface area contributed by atoms with Gasteiger partial charge in [-0.15, -0.1) is 17.5 Å². The van der Waals surface area contributed by atoms with E-state index in [9.17, 15) is 4.79 Å². The van der Waals surface area contributed by atoms with Crippen LogP contribution < -0.4 is 5.32 Å². The Kier molecular flexibility index (Phi) is 4.48. The molecule has 16 heavy (non-hydrogen) atoms. The van der Waals surface area contributed by atoms with Crippen molar-refractivity contribution < 1.29 is 9.90 Å². The molecule has 0 saturated carbocycles. The minimum Gasteiger partial charge on any atom is -0.465 e. The summed E-state index contributed by atoms with van der Waals surface area (Å²) in [5, 5.41) is 10.6. The number of hydrogen-bond donors (Lipinski definition) is 2. The predicted octanol–water partition coefficient (Wildman–Crippen LogP) is 3.73. The lowest BCUT2D eigenvalue weighted by Gasteiger charge is -2.07. The zero-order valence-electron chi connectivity index (χ0n) is 8.42. The summed E-state index contributed by atoms with van der Waals surface area (Å²) >= 11 is 11.9. The van der Waals surface area contributed by atoms with Crippen molar-refractivity contribution in [1.82, 2.24) is 0 Å². The molecule has 1 aromatic rings. The first-order chi connectivity index (χ1) is 7.54. The minimum atomic E-state index is -1.14. The third-order valence-corrected chi connectivity index (χ3v) is 2.47. The Morgan fingerprint density at radius 1 is 1.56 bits per heavy atom. The molecule has 3 nitrogen and oxygen atoms in total. The topological polar surface area (TPSA) is 49.3 Å². The average Bonchev–Trinajstić information content (AvgIpc) is 2.16. The molecule has 0 aliphatic heterocycles. The second-order valence-electron chi connectivity index (χ2n) is 2.92. The molecule has 1 atom stereocenters. The molecule has 1 aromatic carbocycles. The van der Waals surface area contributed by atoms with Crippen LogP contribution >= 0.6 is 23.2 Å². The summed E-state index contributed by atoms with van der Waals surface area (Å²) in [6.45, 7) is 1.68. The van der Waals surface area contributed by atoms with E-state index in [-0.39, 0.29) is 0 Å². The molecule has 0 aromatic heterocycles. The second-order valence-corrected chi connectivity index (χ2v) is 3.77. The van der Waals surface area contributed by atoms with Crippen LogP contribution in [0.2, 0.25) is 5.02 Å². The number of amides is 1. The minimum absolute atomic E-state index is 0.383. The summed E-state index contributed by atoms with van der Waals surface area (Å²) in [7, 11) is 0. The number of alkyl halides is 1. The summed E-state index contributed by atoms with van der Waals surface area (Å²) in [6.07, 6.45) is -1.14. The maximum Gasteiger partial charge on any atom is 0.409 e. The van der Waals surface area contributed by atoms with Crippen molar-refractivity contribution in [2.24, 2.45) is 0 Å². The second kappa shape index (κ2) is 5.64. The van der Waals surface area contributed by atoms with Gasteiger partial charge in [0.15, 0.2) is 0 Å². The van der Waals surface area contributed by atoms with E-state index in [1.54, 1.807) is 19.1 Å². The lowest BCUT2D eigenvalue weighted by molar-refractivity contribution is 0.210. The zero-order chi connectivity index (χ0) is 12.1. The lowest BCUT2D eigenvalue weighted by Crippen LogP contribution is -2.07. The molecule has 0 bridgehead atoms. The van der Waals surface area contributed by atoms with E-state index in [0.717, 1.165) is 0 Å². The van der Waals surface area contributed by atoms with E-state index >= 15 is 0 Å². The first-order valence-corrected chi connectivity index (χ1v) is 5.21. The average molecular weight is 258 g/mol. The molecular weight excluding hydrogens is 249 g/mol. The number of carbonyl (C=O) groups is 1. The highest BCUT2D eigenvalue weighted by Gasteiger charge is 2.10. The normalized spacial score (nSPS) is 11.2. The van der Waals surface area contributed by atoms with E-state index in [0.29, 0.717) is 16.3 Å². The van der Waals surface area contributed by atoms with Crippen molar-refractivity contribution in [2.75, 3.05) is 5.32 Å². The van der Waals surface area contributed by atoms with Crippen molar-refractivity contribution in [3.8, 4) is 11.8 Å². The SMILES string of the molecule is CC#CC(Cl)c1ccc(NC(=O)O)cc1Cl. The van der Waals surface area contributed by atoms with E-state index in [4.69, 9.17) is 28.3 Å². The number of rotatable bonds is 2. The van der Waals surface area contributed by atoms with Crippen LogP contribution in [-0.4, -0.2) is 11.2 Å². The Bertz CT molecular complexity index is 463. The van der Waals surface area contributed by atoms with Crippen LogP contribution in [0, 0.1) is 11.8 Å². The lowest BCUT2D eigenvalue weighted by atomic mass is 10.1. The highest BCUT2D eigenvalue weighted by Crippen LogP contribution is 2.29. The third kappa shape index (κ3) is 3.34. The maximum absolute atomic E-state index is 10.4. The van der Waals surface area contributed by atoms with Gasteiger partial charge in [-0.1, -0.05) is 23.6 Å². The summed E-state index contributed by atoms with van der Waals surface area (Å²) < 4.78 is 0. The van der Waals surface area contributed by atoms with Crippen molar-refractivity contribution in [1.29, 1.82) is 0 Å². The molecule has 0 saturated heterocycles. The quantitative estimate of drug-likeness (QED) is 0.627. The molecule has 2 N–H and O–H groups in total. The van der Waals surface area contributed by atoms with Gasteiger partial charge < -0.3 is 5.11 Å². The highest BCUT2D eigenvalue weighted by atomic mass is 35.5. The van der Waals surface area contributed by atoms with E-state index in [2.05, 4.69) is 17.2 Å². The van der Waals surface area contributed by atoms with Gasteiger partial charge in [0, 0.05) is 16.3 Å². The predicted molar refractivity (Wildman–Crippen MR) is 65.1 cm³/mol. The molecule has 0 heterocycles. The largest absolute Gasteiger partial charge is 0.465 e. The maximum atomic E-state index is 10.4. The molecule has 0 spiro atoms. The van der Waals surface area contributed by atoms with Gasteiger partial charge in [-0.2, -0.15) is 0 Å². The highest BCUT2D eigenvalue weighted by molar-refractivity contribution is 6.33. The summed E-state index contributed by atoms with van der Waals surface area (Å²) in [6, 6.07) is 4.73. The van der Waals surface area contributed by atoms with Crippen molar-refractivity contribution in [2.45, 2.75) is 12.3 Å². The van der Waals surface area contributed by atoms with Gasteiger partial charge in [0.1, 0.15) is 5.38 Å². The molecule has 0 radical (unpaired) electrons. The molecule has 0 aliphatic carbocycles. The summed E-state index contributed by atoms with van der Waals surface area (Å²) in [5.41, 5.74) is 1.06. The van der Waals surface area contributed by atoms with Gasteiger partial charge in [0.05, 0.1) is 0 Å². The van der Waals surface area contributed by atoms with Gasteiger partial charge in [-0.25, -0.2) is 4.79 Å². The number of halogens is 2. The summed E-state index contributed by atoms with van der Waals surface area (Å²) in [5.74, 6) is 5.45. The van der Waals surface area contributed by atoms with Crippen LogP contribution in [0.25, 0.3) is 0 Å². The van der Waals surface area contributed by atoms with Crippen LogP contribution in [0.3, 0.4) is 0 Å². The van der Waals surface area contributed by atoms with Gasteiger partial charge >= 0.3 is 6.09 Å². The Morgan fingerprint density at radius 2 is 2.25 bits per heavy atom. The fourth-order valence-corrected chi connectivity index (χ4v) is 1.78. The Morgan fingerprint density at radius 3 is 2.75 bits per heavy atom. The van der Waals surface area contributed by atoms with Crippen LogP contribution in [0.4, 0.5) is 10.5 Å². The molecular formula is C11H9Cl2NO2. The van der Waals surface area contributed by atoms with E-state index < -0.39 is 11.5 Å². The van der Waals surface area contributed by atoms with Crippen LogP contribution in [-0.2, 0) is 0 Å². The fourth-order valence-electron chi connectivity index (χ4n) is 1.14. The van der Waals surface area contributed by atoms with E-state index in [1.165, 1.54) is 6.07 Å². The van der Waals surface area contributed by atoms with Crippen molar-refractivity contribution >= 4 is 35.0 Å². The smallest absolute Gasteiger partial charge is 0.409 e. The van der Waals surface area contributed by atoms with Crippen LogP contribution in [0.5, 0.6) is 0 Å². The standard InChI is InChI=1S/C11H9Cl2NO2/c1-2-3-9(12)8-5-4-7(6-10(8)13)14-11(15)16/h4-6,9,14H,1H3,(H,15,16). The Balaban J connectivity index is 2.98. The van der Waals surface area contributed by atoms with Gasteiger partial charge in [0.2, 0.25) is 0 Å². The Labute approximate surface area is 103 Å². The van der Waals surface area contributed by atoms with Crippen LogP contribution in [0.1, 0.15) is 17.9 Å². The molecule has 0 fully saturated rings. The van der Waals surface area contributed by atoms with Crippen molar-refractivity contribution in [3.05, 3.63) is 28.8 Å². The number of carboxylic acid groups (broad SMARTS) is 1. The van der Waals surface area contributed by atoms with Gasteiger partial charge in [-0.05, 0) is 19.1 Å². The number of hydrogen-bond acceptors (Lipinski definition) is 1.